The minimum atomic E-state index is -5.39. The number of alkyl halides is 3. The zero-order valence-corrected chi connectivity index (χ0v) is 16.4. The first-order valence-electron chi connectivity index (χ1n) is 8.37. The Hall–Kier alpha value is -2.90. The van der Waals surface area contributed by atoms with E-state index in [1.165, 1.54) is 5.32 Å². The maximum Gasteiger partial charge on any atom is 0.471 e. The molecule has 1 aliphatic rings. The molecule has 1 rings (SSSR count). The second-order valence-corrected chi connectivity index (χ2v) is 6.17. The van der Waals surface area contributed by atoms with E-state index < -0.39 is 73.2 Å². The van der Waals surface area contributed by atoms with Crippen LogP contribution < -0.4 is 5.32 Å². The third kappa shape index (κ3) is 6.86. The standard InChI is InChI=1S/C16H20F3NO10/c1-7(21)26-6-15(30-10(4)24)13(20-14(25)16(17,18)19)12(29-9(3)23)11(5-27-15)28-8(2)22/h11-13H,5-6H2,1-4H3,(H,20,25). The number of amides is 1. The van der Waals surface area contributed by atoms with Crippen molar-refractivity contribution in [3.8, 4) is 0 Å². The van der Waals surface area contributed by atoms with Crippen molar-refractivity contribution in [1.82, 2.24) is 5.32 Å². The molecule has 0 aliphatic carbocycles. The molecule has 0 aromatic heterocycles. The Bertz CT molecular complexity index is 710. The molecule has 0 bridgehead atoms. The molecule has 1 heterocycles. The summed E-state index contributed by atoms with van der Waals surface area (Å²) in [7, 11) is 0. The summed E-state index contributed by atoms with van der Waals surface area (Å²) in [6.45, 7) is 2.11. The van der Waals surface area contributed by atoms with Gasteiger partial charge in [-0.05, 0) is 0 Å². The average molecular weight is 443 g/mol. The van der Waals surface area contributed by atoms with Gasteiger partial charge in [-0.15, -0.1) is 0 Å². The van der Waals surface area contributed by atoms with E-state index in [1.807, 2.05) is 0 Å². The van der Waals surface area contributed by atoms with Gasteiger partial charge in [0.15, 0.2) is 18.8 Å². The van der Waals surface area contributed by atoms with Gasteiger partial charge in [0.1, 0.15) is 6.04 Å². The Morgan fingerprint density at radius 1 is 0.967 bits per heavy atom. The van der Waals surface area contributed by atoms with Gasteiger partial charge in [0.05, 0.1) is 6.61 Å². The van der Waals surface area contributed by atoms with Crippen molar-refractivity contribution in [2.24, 2.45) is 0 Å². The van der Waals surface area contributed by atoms with Gasteiger partial charge < -0.3 is 29.0 Å². The second-order valence-electron chi connectivity index (χ2n) is 6.17. The molecular formula is C16H20F3NO10. The maximum absolute atomic E-state index is 12.9. The Kier molecular flexibility index (Phi) is 8.16. The highest BCUT2D eigenvalue weighted by Crippen LogP contribution is 2.33. The van der Waals surface area contributed by atoms with E-state index in [9.17, 15) is 37.1 Å². The molecule has 0 aromatic rings. The molecule has 0 spiro atoms. The molecule has 1 N–H and O–H groups in total. The number of nitrogens with one attached hydrogen (secondary N) is 1. The van der Waals surface area contributed by atoms with Gasteiger partial charge in [0.2, 0.25) is 0 Å². The number of halogens is 3. The number of hydrogen-bond acceptors (Lipinski definition) is 10. The molecule has 14 heteroatoms. The number of rotatable bonds is 6. The largest absolute Gasteiger partial charge is 0.471 e. The molecule has 1 aliphatic heterocycles. The van der Waals surface area contributed by atoms with Crippen molar-refractivity contribution in [3.05, 3.63) is 0 Å². The fraction of sp³-hybridized carbons (Fsp3) is 0.688. The Labute approximate surface area is 168 Å². The average Bonchev–Trinajstić information content (AvgIpc) is 2.56. The number of esters is 4. The van der Waals surface area contributed by atoms with E-state index in [0.29, 0.717) is 0 Å². The number of hydrogen-bond donors (Lipinski definition) is 1. The number of ether oxygens (including phenoxy) is 5. The summed E-state index contributed by atoms with van der Waals surface area (Å²) in [4.78, 5) is 57.3. The lowest BCUT2D eigenvalue weighted by molar-refractivity contribution is -0.308. The van der Waals surface area contributed by atoms with Crippen LogP contribution in [-0.4, -0.2) is 73.2 Å². The van der Waals surface area contributed by atoms with Gasteiger partial charge in [-0.1, -0.05) is 0 Å². The third-order valence-corrected chi connectivity index (χ3v) is 3.62. The molecule has 0 aromatic carbocycles. The molecule has 1 saturated heterocycles. The van der Waals surface area contributed by atoms with E-state index in [1.54, 1.807) is 0 Å². The van der Waals surface area contributed by atoms with Crippen LogP contribution in [0.1, 0.15) is 27.7 Å². The molecule has 30 heavy (non-hydrogen) atoms. The van der Waals surface area contributed by atoms with Gasteiger partial charge >= 0.3 is 36.0 Å². The van der Waals surface area contributed by atoms with Gasteiger partial charge in [-0.25, -0.2) is 0 Å². The summed E-state index contributed by atoms with van der Waals surface area (Å²) in [6, 6.07) is -2.07. The molecule has 4 unspecified atom stereocenters. The quantitative estimate of drug-likeness (QED) is 0.431. The molecule has 4 atom stereocenters. The third-order valence-electron chi connectivity index (χ3n) is 3.62. The van der Waals surface area contributed by atoms with Crippen LogP contribution in [0.3, 0.4) is 0 Å². The predicted molar refractivity (Wildman–Crippen MR) is 86.2 cm³/mol. The first kappa shape index (κ1) is 25.1. The van der Waals surface area contributed by atoms with Gasteiger partial charge in [0, 0.05) is 27.7 Å². The van der Waals surface area contributed by atoms with Crippen molar-refractivity contribution >= 4 is 29.8 Å². The fourth-order valence-corrected chi connectivity index (χ4v) is 2.64. The number of carbonyl (C=O) groups is 5. The summed E-state index contributed by atoms with van der Waals surface area (Å²) in [5.74, 6) is -8.94. The smallest absolute Gasteiger partial charge is 0.459 e. The van der Waals surface area contributed by atoms with Crippen LogP contribution in [0.25, 0.3) is 0 Å². The Morgan fingerprint density at radius 2 is 1.53 bits per heavy atom. The van der Waals surface area contributed by atoms with Gasteiger partial charge in [-0.2, -0.15) is 13.2 Å². The lowest BCUT2D eigenvalue weighted by Crippen LogP contribution is -2.72. The van der Waals surface area contributed by atoms with E-state index in [-0.39, 0.29) is 0 Å². The van der Waals surface area contributed by atoms with E-state index in [2.05, 4.69) is 0 Å². The van der Waals surface area contributed by atoms with Crippen LogP contribution in [0.2, 0.25) is 0 Å². The fourth-order valence-electron chi connectivity index (χ4n) is 2.64. The van der Waals surface area contributed by atoms with E-state index >= 15 is 0 Å². The zero-order valence-electron chi connectivity index (χ0n) is 16.4. The zero-order chi connectivity index (χ0) is 23.3. The summed E-state index contributed by atoms with van der Waals surface area (Å²) >= 11 is 0. The molecule has 1 fully saturated rings. The van der Waals surface area contributed by atoms with Crippen molar-refractivity contribution in [3.63, 3.8) is 0 Å². The van der Waals surface area contributed by atoms with Crippen LogP contribution in [-0.2, 0) is 47.7 Å². The van der Waals surface area contributed by atoms with Crippen molar-refractivity contribution in [2.45, 2.75) is 57.9 Å². The lowest BCUT2D eigenvalue weighted by atomic mass is 9.93. The Morgan fingerprint density at radius 3 is 1.97 bits per heavy atom. The maximum atomic E-state index is 12.9. The molecule has 11 nitrogen and oxygen atoms in total. The monoisotopic (exact) mass is 443 g/mol. The second kappa shape index (κ2) is 9.73. The molecule has 1 amide bonds. The minimum absolute atomic E-state index is 0.634. The molecule has 170 valence electrons. The first-order valence-corrected chi connectivity index (χ1v) is 8.37. The minimum Gasteiger partial charge on any atom is -0.459 e. The van der Waals surface area contributed by atoms with Gasteiger partial charge in [0.25, 0.3) is 5.79 Å². The van der Waals surface area contributed by atoms with Gasteiger partial charge in [-0.3, -0.25) is 24.0 Å². The molecule has 0 radical (unpaired) electrons. The van der Waals surface area contributed by atoms with Crippen LogP contribution in [0, 0.1) is 0 Å². The summed E-state index contributed by atoms with van der Waals surface area (Å²) in [5.41, 5.74) is 0. The van der Waals surface area contributed by atoms with Crippen LogP contribution >= 0.6 is 0 Å². The van der Waals surface area contributed by atoms with Crippen LogP contribution in [0.4, 0.5) is 13.2 Å². The Balaban J connectivity index is 3.51. The normalized spacial score (nSPS) is 26.2. The van der Waals surface area contributed by atoms with Crippen molar-refractivity contribution in [2.75, 3.05) is 13.2 Å². The molecule has 0 saturated carbocycles. The van der Waals surface area contributed by atoms with E-state index in [0.717, 1.165) is 27.7 Å². The highest BCUT2D eigenvalue weighted by Gasteiger charge is 2.59. The summed E-state index contributed by atoms with van der Waals surface area (Å²) in [6.07, 6.45) is -8.66. The van der Waals surface area contributed by atoms with Crippen molar-refractivity contribution in [1.29, 1.82) is 0 Å². The van der Waals surface area contributed by atoms with Crippen LogP contribution in [0.5, 0.6) is 0 Å². The summed E-state index contributed by atoms with van der Waals surface area (Å²) in [5, 5.41) is 1.51. The van der Waals surface area contributed by atoms with E-state index in [4.69, 9.17) is 23.7 Å². The topological polar surface area (TPSA) is 144 Å². The number of carbonyl (C=O) groups excluding carboxylic acids is 5. The lowest BCUT2D eigenvalue weighted by Gasteiger charge is -2.47. The van der Waals surface area contributed by atoms with Crippen LogP contribution in [0.15, 0.2) is 0 Å². The summed E-state index contributed by atoms with van der Waals surface area (Å²) < 4.78 is 63.5. The highest BCUT2D eigenvalue weighted by atomic mass is 19.4. The molecular weight excluding hydrogens is 423 g/mol. The SMILES string of the molecule is CC(=O)OCC1(OC(C)=O)OCC(OC(C)=O)C(OC(C)=O)C1NC(=O)C(F)(F)F. The predicted octanol–water partition coefficient (Wildman–Crippen LogP) is -0.250. The first-order chi connectivity index (χ1) is 13.7. The highest BCUT2D eigenvalue weighted by molar-refractivity contribution is 5.82. The van der Waals surface area contributed by atoms with Crippen molar-refractivity contribution < 1.29 is 60.8 Å².